The Labute approximate surface area is 151 Å². The van der Waals surface area contributed by atoms with Gasteiger partial charge in [-0.15, -0.1) is 0 Å². The van der Waals surface area contributed by atoms with E-state index in [0.29, 0.717) is 11.3 Å². The summed E-state index contributed by atoms with van der Waals surface area (Å²) in [6, 6.07) is 11.3. The second-order valence-electron chi connectivity index (χ2n) is 5.41. The average molecular weight is 360 g/mol. The normalized spacial score (nSPS) is 11.5. The lowest BCUT2D eigenvalue weighted by molar-refractivity contribution is -0.147. The van der Waals surface area contributed by atoms with Gasteiger partial charge in [0.15, 0.2) is 6.10 Å². The van der Waals surface area contributed by atoms with Gasteiger partial charge in [0.2, 0.25) is 0 Å². The quantitative estimate of drug-likeness (QED) is 0.458. The molecule has 0 aliphatic heterocycles. The largest absolute Gasteiger partial charge is 0.466 e. The van der Waals surface area contributed by atoms with Crippen LogP contribution in [0.25, 0.3) is 11.3 Å². The molecule has 0 fully saturated rings. The zero-order valence-corrected chi connectivity index (χ0v) is 15.0. The van der Waals surface area contributed by atoms with Gasteiger partial charge in [0, 0.05) is 18.1 Å². The first-order valence-electron chi connectivity index (χ1n) is 7.52. The van der Waals surface area contributed by atoms with Crippen LogP contribution >= 0.6 is 11.6 Å². The van der Waals surface area contributed by atoms with Crippen LogP contribution in [-0.4, -0.2) is 24.0 Å². The summed E-state index contributed by atoms with van der Waals surface area (Å²) in [5.74, 6) is -1.26. The maximum Gasteiger partial charge on any atom is 0.337 e. The molecule has 25 heavy (non-hydrogen) atoms. The number of nitrogens with zero attached hydrogens (tertiary/aromatic N) is 1. The van der Waals surface area contributed by atoms with Crippen LogP contribution in [0.5, 0.6) is 0 Å². The zero-order chi connectivity index (χ0) is 18.6. The Bertz CT molecular complexity index is 818. The van der Waals surface area contributed by atoms with Crippen molar-refractivity contribution < 1.29 is 19.1 Å². The molecule has 0 aliphatic rings. The minimum atomic E-state index is -1.06. The van der Waals surface area contributed by atoms with Gasteiger partial charge in [-0.2, -0.15) is 0 Å². The van der Waals surface area contributed by atoms with Gasteiger partial charge >= 0.3 is 11.9 Å². The number of hydrogen-bond acceptors (Lipinski definition) is 5. The molecular formula is C19H18ClNO4. The third kappa shape index (κ3) is 4.25. The molecule has 0 spiro atoms. The third-order valence-electron chi connectivity index (χ3n) is 3.57. The predicted octanol–water partition coefficient (Wildman–Crippen LogP) is 4.04. The van der Waals surface area contributed by atoms with Crippen LogP contribution in [0.2, 0.25) is 5.15 Å². The summed E-state index contributed by atoms with van der Waals surface area (Å²) in [5, 5.41) is 0.126. The summed E-state index contributed by atoms with van der Waals surface area (Å²) < 4.78 is 9.90. The number of carbonyl (C=O) groups is 2. The van der Waals surface area contributed by atoms with Gasteiger partial charge in [0.25, 0.3) is 0 Å². The monoisotopic (exact) mass is 359 g/mol. The maximum atomic E-state index is 11.8. The average Bonchev–Trinajstić information content (AvgIpc) is 2.60. The number of halogens is 1. The van der Waals surface area contributed by atoms with Gasteiger partial charge in [0.05, 0.1) is 18.4 Å². The van der Waals surface area contributed by atoms with E-state index in [4.69, 9.17) is 16.3 Å². The summed E-state index contributed by atoms with van der Waals surface area (Å²) in [6.07, 6.45) is -1.06. The number of hydrogen-bond donors (Lipinski definition) is 0. The number of esters is 2. The molecule has 0 radical (unpaired) electrons. The molecular weight excluding hydrogens is 342 g/mol. The Balaban J connectivity index is 2.52. The molecule has 5 nitrogen and oxygen atoms in total. The number of carbonyl (C=O) groups excluding carboxylic acids is 2. The van der Waals surface area contributed by atoms with Crippen molar-refractivity contribution in [3.63, 3.8) is 0 Å². The highest BCUT2D eigenvalue weighted by Gasteiger charge is 2.28. The van der Waals surface area contributed by atoms with Crippen LogP contribution in [0.15, 0.2) is 48.6 Å². The fourth-order valence-corrected chi connectivity index (χ4v) is 2.65. The van der Waals surface area contributed by atoms with Crippen molar-refractivity contribution in [3.05, 3.63) is 64.8 Å². The highest BCUT2D eigenvalue weighted by Crippen LogP contribution is 2.34. The Hall–Kier alpha value is -2.66. The molecule has 1 unspecified atom stereocenters. The van der Waals surface area contributed by atoms with Crippen molar-refractivity contribution in [2.24, 2.45) is 0 Å². The maximum absolute atomic E-state index is 11.8. The van der Waals surface area contributed by atoms with Crippen LogP contribution in [0, 0.1) is 6.92 Å². The van der Waals surface area contributed by atoms with Crippen LogP contribution in [0.3, 0.4) is 0 Å². The smallest absolute Gasteiger partial charge is 0.337 e. The van der Waals surface area contributed by atoms with Crippen LogP contribution in [-0.2, 0) is 19.1 Å². The van der Waals surface area contributed by atoms with Crippen molar-refractivity contribution in [1.29, 1.82) is 0 Å². The van der Waals surface area contributed by atoms with E-state index in [2.05, 4.69) is 16.3 Å². The van der Waals surface area contributed by atoms with Crippen molar-refractivity contribution in [1.82, 2.24) is 4.98 Å². The van der Waals surface area contributed by atoms with Crippen molar-refractivity contribution in [2.45, 2.75) is 20.0 Å². The first kappa shape index (κ1) is 18.7. The summed E-state index contributed by atoms with van der Waals surface area (Å²) in [7, 11) is 1.22. The number of rotatable bonds is 5. The molecule has 0 saturated carbocycles. The first-order chi connectivity index (χ1) is 11.8. The van der Waals surface area contributed by atoms with Crippen molar-refractivity contribution in [3.8, 4) is 11.3 Å². The van der Waals surface area contributed by atoms with Gasteiger partial charge < -0.3 is 9.47 Å². The van der Waals surface area contributed by atoms with Gasteiger partial charge in [-0.1, -0.05) is 48.5 Å². The van der Waals surface area contributed by atoms with E-state index in [-0.39, 0.29) is 10.7 Å². The van der Waals surface area contributed by atoms with Crippen LogP contribution in [0.1, 0.15) is 24.2 Å². The highest BCUT2D eigenvalue weighted by atomic mass is 35.5. The molecule has 0 bridgehead atoms. The van der Waals surface area contributed by atoms with E-state index in [9.17, 15) is 9.59 Å². The minimum absolute atomic E-state index is 0.0340. The molecule has 1 aromatic carbocycles. The Morgan fingerprint density at radius 2 is 1.88 bits per heavy atom. The second-order valence-corrected chi connectivity index (χ2v) is 5.76. The molecule has 2 rings (SSSR count). The van der Waals surface area contributed by atoms with Gasteiger partial charge in [-0.25, -0.2) is 9.78 Å². The van der Waals surface area contributed by atoms with E-state index in [1.54, 1.807) is 6.07 Å². The van der Waals surface area contributed by atoms with E-state index in [1.165, 1.54) is 14.0 Å². The number of aromatic nitrogens is 1. The number of pyridine rings is 1. The highest BCUT2D eigenvalue weighted by molar-refractivity contribution is 6.30. The fraction of sp³-hybridized carbons (Fsp3) is 0.211. The predicted molar refractivity (Wildman–Crippen MR) is 95.1 cm³/mol. The summed E-state index contributed by atoms with van der Waals surface area (Å²) in [5.41, 5.74) is 2.78. The topological polar surface area (TPSA) is 65.5 Å². The van der Waals surface area contributed by atoms with E-state index < -0.39 is 18.0 Å². The van der Waals surface area contributed by atoms with Crippen LogP contribution < -0.4 is 0 Å². The van der Waals surface area contributed by atoms with Crippen molar-refractivity contribution >= 4 is 23.5 Å². The lowest BCUT2D eigenvalue weighted by atomic mass is 9.99. The van der Waals surface area contributed by atoms with Gasteiger partial charge in [0.1, 0.15) is 5.15 Å². The van der Waals surface area contributed by atoms with E-state index >= 15 is 0 Å². The number of methoxy groups -OCH3 is 1. The Morgan fingerprint density at radius 1 is 1.24 bits per heavy atom. The molecule has 0 aliphatic carbocycles. The molecule has 6 heteroatoms. The lowest BCUT2D eigenvalue weighted by Gasteiger charge is -2.20. The Kier molecular flexibility index (Phi) is 5.93. The standard InChI is InChI=1S/C19H18ClNO4/c1-11-10-15(17(25-13(3)22)12(2)19(23)24-4)18(20)21-16(11)14-8-6-5-7-9-14/h5-10,17H,2H2,1,3-4H3. The SMILES string of the molecule is C=C(C(=O)OC)C(OC(C)=O)c1cc(C)c(-c2ccccc2)nc1Cl. The van der Waals surface area contributed by atoms with Gasteiger partial charge in [-0.3, -0.25) is 4.79 Å². The summed E-state index contributed by atoms with van der Waals surface area (Å²) in [6.45, 7) is 6.77. The molecule has 2 aromatic rings. The third-order valence-corrected chi connectivity index (χ3v) is 3.87. The number of benzene rings is 1. The second kappa shape index (κ2) is 7.94. The molecule has 1 aromatic heterocycles. The minimum Gasteiger partial charge on any atom is -0.466 e. The molecule has 1 atom stereocenters. The van der Waals surface area contributed by atoms with Gasteiger partial charge in [-0.05, 0) is 18.6 Å². The molecule has 0 N–H and O–H groups in total. The number of aryl methyl sites for hydroxylation is 1. The summed E-state index contributed by atoms with van der Waals surface area (Å²) >= 11 is 6.33. The van der Waals surface area contributed by atoms with Crippen LogP contribution in [0.4, 0.5) is 0 Å². The lowest BCUT2D eigenvalue weighted by Crippen LogP contribution is -2.18. The molecule has 0 saturated heterocycles. The van der Waals surface area contributed by atoms with E-state index in [0.717, 1.165) is 11.1 Å². The molecule has 0 amide bonds. The fourth-order valence-electron chi connectivity index (χ4n) is 2.41. The first-order valence-corrected chi connectivity index (χ1v) is 7.89. The van der Waals surface area contributed by atoms with E-state index in [1.807, 2.05) is 37.3 Å². The molecule has 130 valence electrons. The summed E-state index contributed by atoms with van der Waals surface area (Å²) in [4.78, 5) is 27.7. The zero-order valence-electron chi connectivity index (χ0n) is 14.2. The Morgan fingerprint density at radius 3 is 2.44 bits per heavy atom. The molecule has 1 heterocycles. The number of ether oxygens (including phenoxy) is 2. The van der Waals surface area contributed by atoms with Crippen molar-refractivity contribution in [2.75, 3.05) is 7.11 Å².